The summed E-state index contributed by atoms with van der Waals surface area (Å²) in [7, 11) is -4.25. The number of pyridine rings is 1. The van der Waals surface area contributed by atoms with Crippen LogP contribution in [-0.2, 0) is 10.0 Å². The van der Waals surface area contributed by atoms with Crippen molar-refractivity contribution in [1.29, 1.82) is 0 Å². The van der Waals surface area contributed by atoms with Gasteiger partial charge in [0.05, 0.1) is 27.6 Å². The number of benzene rings is 2. The number of aromatic amines is 1. The third kappa shape index (κ3) is 5.41. The Kier molecular flexibility index (Phi) is 6.72. The largest absolute Gasteiger partial charge is 0.507 e. The molecular weight excluding hydrogens is 545 g/mol. The van der Waals surface area contributed by atoms with Gasteiger partial charge in [0, 0.05) is 6.07 Å². The Morgan fingerprint density at radius 2 is 1.71 bits per heavy atom. The summed E-state index contributed by atoms with van der Waals surface area (Å²) >= 11 is 18.3. The normalized spacial score (nSPS) is 11.3. The number of ether oxygens (including phenoxy) is 1. The van der Waals surface area contributed by atoms with E-state index in [1.165, 1.54) is 36.5 Å². The van der Waals surface area contributed by atoms with Gasteiger partial charge in [-0.05, 0) is 36.4 Å². The minimum atomic E-state index is -4.25. The summed E-state index contributed by atoms with van der Waals surface area (Å²) in [5.41, 5.74) is -1.23. The number of sulfonamides is 1. The van der Waals surface area contributed by atoms with Crippen molar-refractivity contribution in [2.24, 2.45) is 0 Å². The highest BCUT2D eigenvalue weighted by molar-refractivity contribution is 7.92. The number of phenols is 1. The van der Waals surface area contributed by atoms with Gasteiger partial charge in [0.25, 0.3) is 15.6 Å². The fourth-order valence-corrected chi connectivity index (χ4v) is 4.66. The Hall–Kier alpha value is -3.58. The zero-order chi connectivity index (χ0) is 25.3. The highest BCUT2D eigenvalue weighted by Crippen LogP contribution is 2.39. The van der Waals surface area contributed by atoms with Gasteiger partial charge in [-0.25, -0.2) is 18.2 Å². The van der Waals surface area contributed by atoms with E-state index < -0.39 is 31.9 Å². The van der Waals surface area contributed by atoms with Gasteiger partial charge in [0.1, 0.15) is 27.7 Å². The van der Waals surface area contributed by atoms with Crippen LogP contribution in [0.1, 0.15) is 0 Å². The van der Waals surface area contributed by atoms with Crippen LogP contribution in [0.25, 0.3) is 5.69 Å². The zero-order valence-corrected chi connectivity index (χ0v) is 20.2. The molecule has 35 heavy (non-hydrogen) atoms. The summed E-state index contributed by atoms with van der Waals surface area (Å²) in [4.78, 5) is 28.6. The molecule has 0 radical (unpaired) electrons. The molecule has 0 amide bonds. The smallest absolute Gasteiger partial charge is 0.349 e. The van der Waals surface area contributed by atoms with Crippen molar-refractivity contribution in [3.05, 3.63) is 90.9 Å². The molecule has 0 aliphatic carbocycles. The molecule has 4 rings (SSSR count). The SMILES string of the molecule is O=c1cnn(-c2cc(Cl)c(Oc3ccc(O)c(S(=O)(=O)Nc4ccc(Cl)nc4)c3)c(Cl)c2)c(=O)[nH]1. The van der Waals surface area contributed by atoms with Crippen LogP contribution in [0.5, 0.6) is 17.2 Å². The van der Waals surface area contributed by atoms with Gasteiger partial charge in [0.15, 0.2) is 5.75 Å². The van der Waals surface area contributed by atoms with E-state index in [-0.39, 0.29) is 38.1 Å². The molecule has 0 fully saturated rings. The number of aromatic nitrogens is 4. The van der Waals surface area contributed by atoms with E-state index >= 15 is 0 Å². The Morgan fingerprint density at radius 1 is 1.00 bits per heavy atom. The lowest BCUT2D eigenvalue weighted by atomic mass is 10.3. The third-order valence-electron chi connectivity index (χ3n) is 4.36. The quantitative estimate of drug-likeness (QED) is 0.304. The molecule has 15 heteroatoms. The van der Waals surface area contributed by atoms with Gasteiger partial charge < -0.3 is 9.84 Å². The van der Waals surface area contributed by atoms with E-state index in [0.717, 1.165) is 23.0 Å². The highest BCUT2D eigenvalue weighted by Gasteiger charge is 2.21. The molecule has 180 valence electrons. The number of aromatic hydroxyl groups is 1. The second-order valence-electron chi connectivity index (χ2n) is 6.80. The van der Waals surface area contributed by atoms with Crippen molar-refractivity contribution >= 4 is 50.5 Å². The van der Waals surface area contributed by atoms with Crippen LogP contribution in [-0.4, -0.2) is 33.3 Å². The number of phenolic OH excluding ortho intramolecular Hbond substituents is 1. The molecule has 0 saturated heterocycles. The second-order valence-corrected chi connectivity index (χ2v) is 9.65. The molecule has 0 spiro atoms. The molecule has 0 aliphatic rings. The molecule has 11 nitrogen and oxygen atoms in total. The Balaban J connectivity index is 1.66. The molecule has 0 aliphatic heterocycles. The number of hydrogen-bond donors (Lipinski definition) is 3. The lowest BCUT2D eigenvalue weighted by Gasteiger charge is -2.14. The van der Waals surface area contributed by atoms with Gasteiger partial charge >= 0.3 is 5.69 Å². The monoisotopic (exact) mass is 555 g/mol. The number of rotatable bonds is 6. The van der Waals surface area contributed by atoms with Crippen molar-refractivity contribution in [3.63, 3.8) is 0 Å². The highest BCUT2D eigenvalue weighted by atomic mass is 35.5. The summed E-state index contributed by atoms with van der Waals surface area (Å²) in [6, 6.07) is 8.88. The minimum Gasteiger partial charge on any atom is -0.507 e. The number of nitrogens with zero attached hydrogens (tertiary/aromatic N) is 3. The first-order chi connectivity index (χ1) is 16.5. The van der Waals surface area contributed by atoms with Gasteiger partial charge in [-0.3, -0.25) is 14.5 Å². The maximum absolute atomic E-state index is 12.8. The first-order valence-electron chi connectivity index (χ1n) is 9.37. The average Bonchev–Trinajstić information content (AvgIpc) is 2.78. The summed E-state index contributed by atoms with van der Waals surface area (Å²) < 4.78 is 34.4. The Morgan fingerprint density at radius 3 is 2.34 bits per heavy atom. The Labute approximate surface area is 211 Å². The van der Waals surface area contributed by atoms with Crippen LogP contribution in [0, 0.1) is 0 Å². The number of anilines is 1. The van der Waals surface area contributed by atoms with Crippen LogP contribution in [0.4, 0.5) is 5.69 Å². The molecule has 4 aromatic rings. The van der Waals surface area contributed by atoms with E-state index in [1.807, 2.05) is 0 Å². The predicted octanol–water partition coefficient (Wildman–Crippen LogP) is 3.57. The van der Waals surface area contributed by atoms with Crippen LogP contribution in [0.15, 0.2) is 69.3 Å². The van der Waals surface area contributed by atoms with Gasteiger partial charge in [-0.1, -0.05) is 34.8 Å². The molecule has 2 heterocycles. The van der Waals surface area contributed by atoms with Gasteiger partial charge in [-0.15, -0.1) is 0 Å². The number of H-pyrrole nitrogens is 1. The van der Waals surface area contributed by atoms with Crippen molar-refractivity contribution in [1.82, 2.24) is 19.7 Å². The third-order valence-corrected chi connectivity index (χ3v) is 6.56. The lowest BCUT2D eigenvalue weighted by Crippen LogP contribution is -2.30. The maximum atomic E-state index is 12.8. The van der Waals surface area contributed by atoms with Crippen molar-refractivity contribution < 1.29 is 18.3 Å². The van der Waals surface area contributed by atoms with Crippen LogP contribution in [0.2, 0.25) is 15.2 Å². The minimum absolute atomic E-state index is 0.0201. The maximum Gasteiger partial charge on any atom is 0.349 e. The summed E-state index contributed by atoms with van der Waals surface area (Å²) in [5, 5.41) is 13.9. The molecule has 2 aromatic carbocycles. The van der Waals surface area contributed by atoms with Gasteiger partial charge in [-0.2, -0.15) is 9.78 Å². The van der Waals surface area contributed by atoms with E-state index in [4.69, 9.17) is 39.5 Å². The standard InChI is InChI=1S/C20H12Cl3N5O6S/c21-13-5-11(28-20(31)26-18(30)9-25-28)6-14(22)19(13)34-12-2-3-15(29)16(7-12)35(32,33)27-10-1-4-17(23)24-8-10/h1-9,27,29H,(H,26,30,31). The number of halogens is 3. The van der Waals surface area contributed by atoms with Crippen molar-refractivity contribution in [2.45, 2.75) is 4.90 Å². The van der Waals surface area contributed by atoms with E-state index in [2.05, 4.69) is 19.8 Å². The molecular formula is C20H12Cl3N5O6S. The van der Waals surface area contributed by atoms with Crippen LogP contribution < -0.4 is 20.7 Å². The topological polar surface area (TPSA) is 156 Å². The second kappa shape index (κ2) is 9.58. The average molecular weight is 557 g/mol. The summed E-state index contributed by atoms with van der Waals surface area (Å²) in [6.45, 7) is 0. The summed E-state index contributed by atoms with van der Waals surface area (Å²) in [6.07, 6.45) is 2.11. The molecule has 0 unspecified atom stereocenters. The molecule has 3 N–H and O–H groups in total. The van der Waals surface area contributed by atoms with Gasteiger partial charge in [0.2, 0.25) is 0 Å². The molecule has 0 bridgehead atoms. The van der Waals surface area contributed by atoms with E-state index in [0.29, 0.717) is 0 Å². The van der Waals surface area contributed by atoms with Crippen molar-refractivity contribution in [2.75, 3.05) is 4.72 Å². The molecule has 0 atom stereocenters. The summed E-state index contributed by atoms with van der Waals surface area (Å²) in [5.74, 6) is -0.616. The van der Waals surface area contributed by atoms with E-state index in [1.54, 1.807) is 0 Å². The fourth-order valence-electron chi connectivity index (χ4n) is 2.84. The molecule has 2 aromatic heterocycles. The molecule has 0 saturated carbocycles. The number of hydrogen-bond acceptors (Lipinski definition) is 8. The van der Waals surface area contributed by atoms with Crippen LogP contribution >= 0.6 is 34.8 Å². The lowest BCUT2D eigenvalue weighted by molar-refractivity contribution is 0.449. The van der Waals surface area contributed by atoms with Crippen LogP contribution in [0.3, 0.4) is 0 Å². The zero-order valence-electron chi connectivity index (χ0n) is 17.1. The van der Waals surface area contributed by atoms with Crippen molar-refractivity contribution in [3.8, 4) is 22.9 Å². The predicted molar refractivity (Wildman–Crippen MR) is 129 cm³/mol. The number of nitrogens with one attached hydrogen (secondary N) is 2. The fraction of sp³-hybridized carbons (Fsp3) is 0. The first-order valence-corrected chi connectivity index (χ1v) is 12.0. The Bertz CT molecular complexity index is 1630. The van der Waals surface area contributed by atoms with E-state index in [9.17, 15) is 23.1 Å². The first kappa shape index (κ1) is 24.5.